The van der Waals surface area contributed by atoms with Gasteiger partial charge in [-0.3, -0.25) is 4.79 Å². The number of likely N-dealkylation sites (N-methyl/N-ethyl adjacent to an activating group) is 1. The van der Waals surface area contributed by atoms with Gasteiger partial charge in [0.15, 0.2) is 0 Å². The number of rotatable bonds is 1. The van der Waals surface area contributed by atoms with E-state index >= 15 is 0 Å². The van der Waals surface area contributed by atoms with Crippen molar-refractivity contribution in [2.24, 2.45) is 0 Å². The molecule has 90 valence electrons. The van der Waals surface area contributed by atoms with Crippen LogP contribution in [0.2, 0.25) is 0 Å². The van der Waals surface area contributed by atoms with Crippen LogP contribution in [0.5, 0.6) is 0 Å². The zero-order valence-corrected chi connectivity index (χ0v) is 9.60. The van der Waals surface area contributed by atoms with Crippen molar-refractivity contribution in [3.05, 3.63) is 0 Å². The van der Waals surface area contributed by atoms with Crippen molar-refractivity contribution in [3.63, 3.8) is 0 Å². The van der Waals surface area contributed by atoms with Crippen LogP contribution >= 0.6 is 0 Å². The molecule has 1 aliphatic heterocycles. The third kappa shape index (κ3) is 1.50. The van der Waals surface area contributed by atoms with Gasteiger partial charge in [-0.2, -0.15) is 0 Å². The molecule has 1 amide bonds. The minimum atomic E-state index is -1.70. The monoisotopic (exact) mass is 227 g/mol. The van der Waals surface area contributed by atoms with Gasteiger partial charge in [0.05, 0.1) is 12.1 Å². The minimum absolute atomic E-state index is 0.0497. The van der Waals surface area contributed by atoms with Crippen LogP contribution in [-0.2, 0) is 14.3 Å². The normalized spacial score (nSPS) is 39.4. The van der Waals surface area contributed by atoms with E-state index in [0.717, 1.165) is 25.7 Å². The standard InChI is InChI=1S/C11H17NO4/c1-11(10(14)15)9(13)12(2)7-5-3-4-6-8(7)16-11/h7-8H,3-6H2,1-2H3,(H,14,15). The fourth-order valence-corrected chi connectivity index (χ4v) is 2.64. The molecular formula is C11H17NO4. The average molecular weight is 227 g/mol. The Hall–Kier alpha value is -1.10. The van der Waals surface area contributed by atoms with Gasteiger partial charge in [0.25, 0.3) is 5.91 Å². The molecule has 1 heterocycles. The summed E-state index contributed by atoms with van der Waals surface area (Å²) in [6.07, 6.45) is 3.73. The Labute approximate surface area is 94.4 Å². The van der Waals surface area contributed by atoms with Crippen LogP contribution in [0.25, 0.3) is 0 Å². The Morgan fingerprint density at radius 1 is 1.50 bits per heavy atom. The molecule has 0 aromatic rings. The van der Waals surface area contributed by atoms with Crippen LogP contribution in [0.1, 0.15) is 32.6 Å². The SMILES string of the molecule is CN1C(=O)C(C)(C(=O)O)OC2CCCCC21. The molecule has 5 nitrogen and oxygen atoms in total. The van der Waals surface area contributed by atoms with Crippen molar-refractivity contribution in [3.8, 4) is 0 Å². The van der Waals surface area contributed by atoms with Crippen molar-refractivity contribution >= 4 is 11.9 Å². The van der Waals surface area contributed by atoms with Crippen LogP contribution in [0.3, 0.4) is 0 Å². The summed E-state index contributed by atoms with van der Waals surface area (Å²) in [5.41, 5.74) is -1.70. The van der Waals surface area contributed by atoms with Gasteiger partial charge in [0.2, 0.25) is 5.60 Å². The first-order valence-electron chi connectivity index (χ1n) is 5.65. The van der Waals surface area contributed by atoms with Gasteiger partial charge in [0.1, 0.15) is 0 Å². The van der Waals surface area contributed by atoms with E-state index in [2.05, 4.69) is 0 Å². The van der Waals surface area contributed by atoms with Gasteiger partial charge >= 0.3 is 5.97 Å². The summed E-state index contributed by atoms with van der Waals surface area (Å²) in [6, 6.07) is 0.0497. The third-order valence-electron chi connectivity index (χ3n) is 3.69. The molecule has 0 aromatic carbocycles. The predicted octanol–water partition coefficient (Wildman–Crippen LogP) is 0.629. The molecule has 0 aromatic heterocycles. The molecule has 0 radical (unpaired) electrons. The van der Waals surface area contributed by atoms with Gasteiger partial charge in [0, 0.05) is 7.05 Å². The predicted molar refractivity (Wildman–Crippen MR) is 55.9 cm³/mol. The smallest absolute Gasteiger partial charge is 0.345 e. The lowest BCUT2D eigenvalue weighted by Crippen LogP contribution is -2.65. The molecule has 1 saturated heterocycles. The van der Waals surface area contributed by atoms with Gasteiger partial charge in [-0.25, -0.2) is 4.79 Å². The summed E-state index contributed by atoms with van der Waals surface area (Å²) in [5.74, 6) is -1.64. The number of amides is 1. The molecule has 3 unspecified atom stereocenters. The molecule has 3 atom stereocenters. The largest absolute Gasteiger partial charge is 0.479 e. The van der Waals surface area contributed by atoms with E-state index in [-0.39, 0.29) is 12.1 Å². The van der Waals surface area contributed by atoms with E-state index in [4.69, 9.17) is 9.84 Å². The number of aliphatic carboxylic acids is 1. The first-order chi connectivity index (χ1) is 7.47. The quantitative estimate of drug-likeness (QED) is 0.667. The average Bonchev–Trinajstić information content (AvgIpc) is 2.26. The number of fused-ring (bicyclic) bond motifs is 1. The number of carboxylic acid groups (broad SMARTS) is 1. The molecule has 2 rings (SSSR count). The maximum absolute atomic E-state index is 12.0. The molecule has 1 saturated carbocycles. The van der Waals surface area contributed by atoms with Crippen LogP contribution in [0.15, 0.2) is 0 Å². The summed E-state index contributed by atoms with van der Waals surface area (Å²) in [7, 11) is 1.68. The lowest BCUT2D eigenvalue weighted by molar-refractivity contribution is -0.207. The first-order valence-corrected chi connectivity index (χ1v) is 5.65. The topological polar surface area (TPSA) is 66.8 Å². The number of nitrogens with zero attached hydrogens (tertiary/aromatic N) is 1. The molecule has 2 fully saturated rings. The summed E-state index contributed by atoms with van der Waals surface area (Å²) in [6.45, 7) is 1.35. The lowest BCUT2D eigenvalue weighted by Gasteiger charge is -2.47. The molecular weight excluding hydrogens is 210 g/mol. The van der Waals surface area contributed by atoms with E-state index in [0.29, 0.717) is 0 Å². The van der Waals surface area contributed by atoms with Crippen molar-refractivity contribution in [1.29, 1.82) is 0 Å². The van der Waals surface area contributed by atoms with Crippen LogP contribution < -0.4 is 0 Å². The summed E-state index contributed by atoms with van der Waals surface area (Å²) >= 11 is 0. The number of carbonyl (C=O) groups excluding carboxylic acids is 1. The second kappa shape index (κ2) is 3.73. The highest BCUT2D eigenvalue weighted by molar-refractivity contribution is 6.05. The van der Waals surface area contributed by atoms with E-state index < -0.39 is 17.5 Å². The van der Waals surface area contributed by atoms with E-state index in [1.807, 2.05) is 0 Å². The molecule has 0 bridgehead atoms. The highest BCUT2D eigenvalue weighted by atomic mass is 16.5. The number of carbonyl (C=O) groups is 2. The van der Waals surface area contributed by atoms with Crippen molar-refractivity contribution in [2.45, 2.75) is 50.4 Å². The van der Waals surface area contributed by atoms with E-state index in [1.54, 1.807) is 11.9 Å². The third-order valence-corrected chi connectivity index (χ3v) is 3.69. The van der Waals surface area contributed by atoms with E-state index in [1.165, 1.54) is 6.92 Å². The molecule has 5 heteroatoms. The maximum Gasteiger partial charge on any atom is 0.345 e. The van der Waals surface area contributed by atoms with Crippen LogP contribution in [0.4, 0.5) is 0 Å². The first kappa shape index (κ1) is 11.4. The Morgan fingerprint density at radius 2 is 2.12 bits per heavy atom. The number of morpholine rings is 1. The highest BCUT2D eigenvalue weighted by Gasteiger charge is 2.53. The maximum atomic E-state index is 12.0. The fraction of sp³-hybridized carbons (Fsp3) is 0.818. The lowest BCUT2D eigenvalue weighted by atomic mass is 9.87. The Morgan fingerprint density at radius 3 is 2.75 bits per heavy atom. The Balaban J connectivity index is 2.28. The summed E-state index contributed by atoms with van der Waals surface area (Å²) < 4.78 is 5.53. The second-order valence-corrected chi connectivity index (χ2v) is 4.76. The zero-order chi connectivity index (χ0) is 11.9. The Bertz CT molecular complexity index is 330. The van der Waals surface area contributed by atoms with Gasteiger partial charge in [-0.05, 0) is 19.8 Å². The minimum Gasteiger partial charge on any atom is -0.479 e. The number of hydrogen-bond donors (Lipinski definition) is 1. The van der Waals surface area contributed by atoms with Crippen LogP contribution in [-0.4, -0.2) is 46.7 Å². The number of hydrogen-bond acceptors (Lipinski definition) is 3. The highest BCUT2D eigenvalue weighted by Crippen LogP contribution is 2.34. The number of carboxylic acids is 1. The molecule has 2 aliphatic rings. The Kier molecular flexibility index (Phi) is 2.66. The molecule has 16 heavy (non-hydrogen) atoms. The summed E-state index contributed by atoms with van der Waals surface area (Å²) in [5, 5.41) is 9.10. The van der Waals surface area contributed by atoms with Gasteiger partial charge < -0.3 is 14.7 Å². The van der Waals surface area contributed by atoms with E-state index in [9.17, 15) is 9.59 Å². The molecule has 1 aliphatic carbocycles. The molecule has 0 spiro atoms. The number of ether oxygens (including phenoxy) is 1. The fourth-order valence-electron chi connectivity index (χ4n) is 2.64. The van der Waals surface area contributed by atoms with Gasteiger partial charge in [-0.1, -0.05) is 12.8 Å². The second-order valence-electron chi connectivity index (χ2n) is 4.76. The van der Waals surface area contributed by atoms with Crippen molar-refractivity contribution in [2.75, 3.05) is 7.05 Å². The zero-order valence-electron chi connectivity index (χ0n) is 9.60. The van der Waals surface area contributed by atoms with Crippen LogP contribution in [0, 0.1) is 0 Å². The van der Waals surface area contributed by atoms with Crippen molar-refractivity contribution < 1.29 is 19.4 Å². The van der Waals surface area contributed by atoms with Gasteiger partial charge in [-0.15, -0.1) is 0 Å². The molecule has 1 N–H and O–H groups in total. The summed E-state index contributed by atoms with van der Waals surface area (Å²) in [4.78, 5) is 24.7. The van der Waals surface area contributed by atoms with Crippen molar-refractivity contribution in [1.82, 2.24) is 4.90 Å².